The molecule has 0 radical (unpaired) electrons. The van der Waals surface area contributed by atoms with Gasteiger partial charge in [0.25, 0.3) is 11.8 Å². The van der Waals surface area contributed by atoms with Crippen molar-refractivity contribution in [3.8, 4) is 0 Å². The van der Waals surface area contributed by atoms with Gasteiger partial charge in [-0.15, -0.1) is 0 Å². The molecule has 0 aliphatic rings. The molecule has 0 aliphatic heterocycles. The minimum Gasteiger partial charge on any atom is -0.382 e. The fraction of sp³-hybridized carbons (Fsp3) is 0.100. The molecule has 0 atom stereocenters. The largest absolute Gasteiger partial charge is 0.382 e. The number of halogens is 1. The van der Waals surface area contributed by atoms with Crippen molar-refractivity contribution in [3.63, 3.8) is 0 Å². The fourth-order valence-corrected chi connectivity index (χ4v) is 2.77. The SMILES string of the molecule is NC(=O)c1nc(Cc2cccc(CNC(=O)c3ccc(Cl)cc3)c2)cnc1N. The molecule has 0 aliphatic carbocycles. The van der Waals surface area contributed by atoms with Crippen LogP contribution >= 0.6 is 11.6 Å². The predicted molar refractivity (Wildman–Crippen MR) is 107 cm³/mol. The standard InChI is InChI=1S/C20H18ClN5O2/c21-15-6-4-14(5-7-15)20(28)25-10-13-3-1-2-12(8-13)9-16-11-24-18(22)17(26-16)19(23)27/h1-8,11H,9-10H2,(H2,22,24)(H2,23,27)(H,25,28). The Kier molecular flexibility index (Phi) is 5.86. The number of anilines is 1. The summed E-state index contributed by atoms with van der Waals surface area (Å²) in [7, 11) is 0. The molecule has 0 unspecified atom stereocenters. The number of nitrogens with zero attached hydrogens (tertiary/aromatic N) is 2. The summed E-state index contributed by atoms with van der Waals surface area (Å²) in [6.07, 6.45) is 1.96. The number of aromatic nitrogens is 2. The first kappa shape index (κ1) is 19.3. The van der Waals surface area contributed by atoms with E-state index in [1.807, 2.05) is 24.3 Å². The van der Waals surface area contributed by atoms with Gasteiger partial charge in [0.1, 0.15) is 0 Å². The highest BCUT2D eigenvalue weighted by Crippen LogP contribution is 2.13. The molecule has 1 aromatic heterocycles. The molecular weight excluding hydrogens is 378 g/mol. The fourth-order valence-electron chi connectivity index (χ4n) is 2.65. The molecule has 8 heteroatoms. The van der Waals surface area contributed by atoms with E-state index in [4.69, 9.17) is 23.1 Å². The van der Waals surface area contributed by atoms with Crippen molar-refractivity contribution in [3.05, 3.63) is 87.8 Å². The summed E-state index contributed by atoms with van der Waals surface area (Å²) in [6.45, 7) is 0.370. The monoisotopic (exact) mass is 395 g/mol. The molecule has 2 aromatic carbocycles. The molecule has 142 valence electrons. The van der Waals surface area contributed by atoms with Gasteiger partial charge in [-0.1, -0.05) is 35.9 Å². The van der Waals surface area contributed by atoms with Crippen molar-refractivity contribution >= 4 is 29.2 Å². The minimum atomic E-state index is -0.717. The van der Waals surface area contributed by atoms with E-state index in [-0.39, 0.29) is 17.4 Å². The number of primary amides is 1. The molecule has 2 amide bonds. The van der Waals surface area contributed by atoms with E-state index in [1.54, 1.807) is 24.3 Å². The van der Waals surface area contributed by atoms with Crippen molar-refractivity contribution in [1.82, 2.24) is 15.3 Å². The zero-order chi connectivity index (χ0) is 20.1. The molecule has 5 N–H and O–H groups in total. The number of carbonyl (C=O) groups excluding carboxylic acids is 2. The van der Waals surface area contributed by atoms with Crippen molar-refractivity contribution in [2.75, 3.05) is 5.73 Å². The molecule has 7 nitrogen and oxygen atoms in total. The third kappa shape index (κ3) is 4.83. The molecule has 28 heavy (non-hydrogen) atoms. The zero-order valence-corrected chi connectivity index (χ0v) is 15.6. The Morgan fingerprint density at radius 1 is 1.07 bits per heavy atom. The molecule has 3 rings (SSSR count). The quantitative estimate of drug-likeness (QED) is 0.590. The maximum atomic E-state index is 12.2. The van der Waals surface area contributed by atoms with Crippen LogP contribution in [0.5, 0.6) is 0 Å². The topological polar surface area (TPSA) is 124 Å². The molecule has 3 aromatic rings. The van der Waals surface area contributed by atoms with Crippen LogP contribution in [0.3, 0.4) is 0 Å². The van der Waals surface area contributed by atoms with Gasteiger partial charge in [0.2, 0.25) is 0 Å². The highest BCUT2D eigenvalue weighted by Gasteiger charge is 2.11. The highest BCUT2D eigenvalue weighted by molar-refractivity contribution is 6.30. The van der Waals surface area contributed by atoms with Gasteiger partial charge in [0.15, 0.2) is 11.5 Å². The normalized spacial score (nSPS) is 10.5. The van der Waals surface area contributed by atoms with Crippen LogP contribution < -0.4 is 16.8 Å². The molecule has 0 saturated carbocycles. The van der Waals surface area contributed by atoms with Crippen LogP contribution in [0, 0.1) is 0 Å². The molecule has 0 fully saturated rings. The highest BCUT2D eigenvalue weighted by atomic mass is 35.5. The number of benzene rings is 2. The van der Waals surface area contributed by atoms with Gasteiger partial charge >= 0.3 is 0 Å². The van der Waals surface area contributed by atoms with Gasteiger partial charge in [-0.05, 0) is 35.4 Å². The Hall–Kier alpha value is -3.45. The van der Waals surface area contributed by atoms with E-state index < -0.39 is 5.91 Å². The Balaban J connectivity index is 1.67. The van der Waals surface area contributed by atoms with Crippen LogP contribution in [0.1, 0.15) is 37.7 Å². The molecule has 0 saturated heterocycles. The second-order valence-corrected chi connectivity index (χ2v) is 6.58. The van der Waals surface area contributed by atoms with Crippen molar-refractivity contribution in [2.24, 2.45) is 5.73 Å². The number of hydrogen-bond donors (Lipinski definition) is 3. The summed E-state index contributed by atoms with van der Waals surface area (Å²) >= 11 is 5.84. The summed E-state index contributed by atoms with van der Waals surface area (Å²) in [5.41, 5.74) is 13.8. The predicted octanol–water partition coefficient (Wildman–Crippen LogP) is 2.33. The van der Waals surface area contributed by atoms with Crippen LogP contribution in [-0.4, -0.2) is 21.8 Å². The molecular formula is C20H18ClN5O2. The lowest BCUT2D eigenvalue weighted by Crippen LogP contribution is -2.22. The maximum Gasteiger partial charge on any atom is 0.271 e. The summed E-state index contributed by atoms with van der Waals surface area (Å²) < 4.78 is 0. The van der Waals surface area contributed by atoms with E-state index >= 15 is 0 Å². The minimum absolute atomic E-state index is 0.00918. The number of amides is 2. The number of carbonyl (C=O) groups is 2. The maximum absolute atomic E-state index is 12.2. The number of nitrogens with one attached hydrogen (secondary N) is 1. The van der Waals surface area contributed by atoms with Crippen molar-refractivity contribution in [1.29, 1.82) is 0 Å². The zero-order valence-electron chi connectivity index (χ0n) is 14.9. The van der Waals surface area contributed by atoms with E-state index in [9.17, 15) is 9.59 Å². The van der Waals surface area contributed by atoms with Gasteiger partial charge in [-0.2, -0.15) is 0 Å². The third-order valence-corrected chi connectivity index (χ3v) is 4.27. The van der Waals surface area contributed by atoms with Gasteiger partial charge in [0, 0.05) is 23.6 Å². The summed E-state index contributed by atoms with van der Waals surface area (Å²) in [5, 5.41) is 3.45. The smallest absolute Gasteiger partial charge is 0.271 e. The lowest BCUT2D eigenvalue weighted by atomic mass is 10.1. The van der Waals surface area contributed by atoms with Gasteiger partial charge in [0.05, 0.1) is 11.9 Å². The average molecular weight is 396 g/mol. The molecule has 0 bridgehead atoms. The Labute approximate surface area is 166 Å². The Morgan fingerprint density at radius 3 is 2.50 bits per heavy atom. The van der Waals surface area contributed by atoms with Crippen LogP contribution in [0.25, 0.3) is 0 Å². The second-order valence-electron chi connectivity index (χ2n) is 6.15. The second kappa shape index (κ2) is 8.49. The number of nitrogen functional groups attached to an aromatic ring is 1. The first-order valence-electron chi connectivity index (χ1n) is 8.45. The van der Waals surface area contributed by atoms with Crippen LogP contribution in [0.2, 0.25) is 5.02 Å². The van der Waals surface area contributed by atoms with E-state index in [0.29, 0.717) is 29.2 Å². The van der Waals surface area contributed by atoms with Crippen LogP contribution in [0.15, 0.2) is 54.7 Å². The number of nitrogens with two attached hydrogens (primary N) is 2. The third-order valence-electron chi connectivity index (χ3n) is 4.02. The molecule has 0 spiro atoms. The van der Waals surface area contributed by atoms with Gasteiger partial charge in [-0.25, -0.2) is 9.97 Å². The first-order chi connectivity index (χ1) is 13.4. The van der Waals surface area contributed by atoms with E-state index in [2.05, 4.69) is 15.3 Å². The van der Waals surface area contributed by atoms with Crippen molar-refractivity contribution in [2.45, 2.75) is 13.0 Å². The summed E-state index contributed by atoms with van der Waals surface area (Å²) in [6, 6.07) is 14.4. The number of hydrogen-bond acceptors (Lipinski definition) is 5. The Morgan fingerprint density at radius 2 is 1.79 bits per heavy atom. The van der Waals surface area contributed by atoms with Gasteiger partial charge in [-0.3, -0.25) is 9.59 Å². The lowest BCUT2D eigenvalue weighted by Gasteiger charge is -2.08. The van der Waals surface area contributed by atoms with E-state index in [0.717, 1.165) is 11.1 Å². The first-order valence-corrected chi connectivity index (χ1v) is 8.83. The van der Waals surface area contributed by atoms with Crippen LogP contribution in [-0.2, 0) is 13.0 Å². The lowest BCUT2D eigenvalue weighted by molar-refractivity contribution is 0.0949. The average Bonchev–Trinajstić information content (AvgIpc) is 2.68. The van der Waals surface area contributed by atoms with E-state index in [1.165, 1.54) is 6.20 Å². The van der Waals surface area contributed by atoms with Crippen LogP contribution in [0.4, 0.5) is 5.82 Å². The summed E-state index contributed by atoms with van der Waals surface area (Å²) in [5.74, 6) is -0.891. The van der Waals surface area contributed by atoms with Gasteiger partial charge < -0.3 is 16.8 Å². The van der Waals surface area contributed by atoms with Crippen molar-refractivity contribution < 1.29 is 9.59 Å². The Bertz CT molecular complexity index is 1020. The summed E-state index contributed by atoms with van der Waals surface area (Å²) in [4.78, 5) is 31.7. The molecule has 1 heterocycles. The number of rotatable bonds is 6.